The molecule has 0 saturated heterocycles. The third kappa shape index (κ3) is 8.47. The van der Waals surface area contributed by atoms with Gasteiger partial charge in [0.1, 0.15) is 0 Å². The van der Waals surface area contributed by atoms with Gasteiger partial charge in [0.05, 0.1) is 6.20 Å². The van der Waals surface area contributed by atoms with Gasteiger partial charge in [-0.1, -0.05) is 20.8 Å². The Morgan fingerprint density at radius 2 is 1.89 bits per heavy atom. The molecule has 0 aliphatic rings. The van der Waals surface area contributed by atoms with Gasteiger partial charge in [0, 0.05) is 37.9 Å². The Morgan fingerprint density at radius 1 is 1.21 bits per heavy atom. The molecule has 19 heavy (non-hydrogen) atoms. The monoisotopic (exact) mass is 310 g/mol. The molecule has 1 rings (SSSR count). The first kappa shape index (κ1) is 21.0. The topological polar surface area (TPSA) is 33.1 Å². The highest BCUT2D eigenvalue weighted by atomic mass is 35.5. The van der Waals surface area contributed by atoms with Gasteiger partial charge < -0.3 is 10.2 Å². The Morgan fingerprint density at radius 3 is 2.47 bits per heavy atom. The lowest BCUT2D eigenvalue weighted by Gasteiger charge is -2.17. The van der Waals surface area contributed by atoms with Crippen LogP contribution >= 0.6 is 24.8 Å². The summed E-state index contributed by atoms with van der Waals surface area (Å²) in [4.78, 5) is 2.42. The zero-order chi connectivity index (χ0) is 12.5. The normalized spacial score (nSPS) is 10.1. The standard InChI is InChI=1S/C13H26N4.2ClH/c1-4-8-17-12-13(11-15-17)10-14-7-9-16(5-2)6-3;;/h11-12,14H,4-10H2,1-3H3;2*1H. The molecule has 1 N–H and O–H groups in total. The van der Waals surface area contributed by atoms with Crippen molar-refractivity contribution in [2.24, 2.45) is 0 Å². The van der Waals surface area contributed by atoms with Crippen LogP contribution in [0.1, 0.15) is 32.8 Å². The van der Waals surface area contributed by atoms with E-state index in [0.717, 1.165) is 45.7 Å². The Labute approximate surface area is 129 Å². The number of aromatic nitrogens is 2. The molecule has 114 valence electrons. The van der Waals surface area contributed by atoms with Crippen LogP contribution in [-0.4, -0.2) is 40.9 Å². The molecule has 6 heteroatoms. The summed E-state index contributed by atoms with van der Waals surface area (Å²) in [5.74, 6) is 0. The highest BCUT2D eigenvalue weighted by Gasteiger charge is 1.99. The molecular formula is C13H28Cl2N4. The van der Waals surface area contributed by atoms with E-state index in [2.05, 4.69) is 42.3 Å². The van der Waals surface area contributed by atoms with Gasteiger partial charge in [-0.3, -0.25) is 4.68 Å². The molecule has 1 aromatic rings. The van der Waals surface area contributed by atoms with Gasteiger partial charge in [-0.15, -0.1) is 24.8 Å². The molecule has 0 atom stereocenters. The highest BCUT2D eigenvalue weighted by molar-refractivity contribution is 5.85. The van der Waals surface area contributed by atoms with Crippen LogP contribution in [-0.2, 0) is 13.1 Å². The summed E-state index contributed by atoms with van der Waals surface area (Å²) in [7, 11) is 0. The third-order valence-electron chi connectivity index (χ3n) is 2.97. The van der Waals surface area contributed by atoms with E-state index in [9.17, 15) is 0 Å². The molecule has 0 bridgehead atoms. The minimum absolute atomic E-state index is 0. The second-order valence-corrected chi connectivity index (χ2v) is 4.32. The Kier molecular flexibility index (Phi) is 14.1. The van der Waals surface area contributed by atoms with Crippen LogP contribution in [0.15, 0.2) is 12.4 Å². The fourth-order valence-corrected chi connectivity index (χ4v) is 1.86. The van der Waals surface area contributed by atoms with Gasteiger partial charge in [-0.25, -0.2) is 0 Å². The first-order chi connectivity index (χ1) is 8.30. The van der Waals surface area contributed by atoms with Crippen LogP contribution in [0.25, 0.3) is 0 Å². The van der Waals surface area contributed by atoms with Crippen LogP contribution < -0.4 is 5.32 Å². The number of halogens is 2. The Balaban J connectivity index is 0. The van der Waals surface area contributed by atoms with Gasteiger partial charge in [0.25, 0.3) is 0 Å². The smallest absolute Gasteiger partial charge is 0.0534 e. The second-order valence-electron chi connectivity index (χ2n) is 4.32. The minimum atomic E-state index is 0. The van der Waals surface area contributed by atoms with Crippen LogP contribution in [0.2, 0.25) is 0 Å². The van der Waals surface area contributed by atoms with E-state index in [1.54, 1.807) is 0 Å². The van der Waals surface area contributed by atoms with Crippen molar-refractivity contribution < 1.29 is 0 Å². The van der Waals surface area contributed by atoms with Crippen molar-refractivity contribution in [3.63, 3.8) is 0 Å². The number of likely N-dealkylation sites (N-methyl/N-ethyl adjacent to an activating group) is 1. The molecule has 0 radical (unpaired) electrons. The maximum atomic E-state index is 4.32. The average Bonchev–Trinajstić information content (AvgIpc) is 2.78. The van der Waals surface area contributed by atoms with E-state index in [1.807, 2.05) is 10.9 Å². The zero-order valence-electron chi connectivity index (χ0n) is 12.3. The molecule has 0 unspecified atom stereocenters. The molecule has 0 fully saturated rings. The maximum absolute atomic E-state index is 4.32. The summed E-state index contributed by atoms with van der Waals surface area (Å²) in [6, 6.07) is 0. The van der Waals surface area contributed by atoms with Gasteiger partial charge in [-0.2, -0.15) is 5.10 Å². The summed E-state index contributed by atoms with van der Waals surface area (Å²) in [6.07, 6.45) is 5.23. The third-order valence-corrected chi connectivity index (χ3v) is 2.97. The first-order valence-corrected chi connectivity index (χ1v) is 6.74. The van der Waals surface area contributed by atoms with Crippen molar-refractivity contribution in [1.29, 1.82) is 0 Å². The summed E-state index contributed by atoms with van der Waals surface area (Å²) in [6.45, 7) is 12.9. The van der Waals surface area contributed by atoms with Crippen molar-refractivity contribution >= 4 is 24.8 Å². The van der Waals surface area contributed by atoms with Crippen LogP contribution in [0.4, 0.5) is 0 Å². The Hall–Kier alpha value is -0.290. The van der Waals surface area contributed by atoms with E-state index < -0.39 is 0 Å². The molecule has 1 heterocycles. The predicted molar refractivity (Wildman–Crippen MR) is 86.5 cm³/mol. The lowest BCUT2D eigenvalue weighted by Crippen LogP contribution is -2.31. The van der Waals surface area contributed by atoms with E-state index in [4.69, 9.17) is 0 Å². The Bertz CT molecular complexity index is 301. The fourth-order valence-electron chi connectivity index (χ4n) is 1.86. The highest BCUT2D eigenvalue weighted by Crippen LogP contribution is 1.98. The van der Waals surface area contributed by atoms with Gasteiger partial charge >= 0.3 is 0 Å². The molecule has 0 aliphatic carbocycles. The molecule has 4 nitrogen and oxygen atoms in total. The number of nitrogens with one attached hydrogen (secondary N) is 1. The molecule has 0 aromatic carbocycles. The molecule has 0 aliphatic heterocycles. The molecule has 0 amide bonds. The van der Waals surface area contributed by atoms with Gasteiger partial charge in [0.2, 0.25) is 0 Å². The van der Waals surface area contributed by atoms with Crippen LogP contribution in [0.5, 0.6) is 0 Å². The summed E-state index contributed by atoms with van der Waals surface area (Å²) >= 11 is 0. The molecular weight excluding hydrogens is 283 g/mol. The van der Waals surface area contributed by atoms with E-state index >= 15 is 0 Å². The van der Waals surface area contributed by atoms with Crippen LogP contribution in [0, 0.1) is 0 Å². The number of nitrogens with zero attached hydrogens (tertiary/aromatic N) is 3. The van der Waals surface area contributed by atoms with Gasteiger partial charge in [0.15, 0.2) is 0 Å². The average molecular weight is 311 g/mol. The number of hydrogen-bond donors (Lipinski definition) is 1. The van der Waals surface area contributed by atoms with Crippen molar-refractivity contribution in [2.45, 2.75) is 40.3 Å². The molecule has 0 saturated carbocycles. The molecule has 0 spiro atoms. The lowest BCUT2D eigenvalue weighted by atomic mass is 10.3. The number of rotatable bonds is 9. The van der Waals surface area contributed by atoms with Crippen molar-refractivity contribution in [2.75, 3.05) is 26.2 Å². The zero-order valence-corrected chi connectivity index (χ0v) is 13.9. The molecule has 1 aromatic heterocycles. The SMILES string of the molecule is CCCn1cc(CNCCN(CC)CC)cn1.Cl.Cl. The maximum Gasteiger partial charge on any atom is 0.0534 e. The number of hydrogen-bond acceptors (Lipinski definition) is 3. The van der Waals surface area contributed by atoms with Gasteiger partial charge in [-0.05, 0) is 19.5 Å². The summed E-state index contributed by atoms with van der Waals surface area (Å²) in [5, 5.41) is 7.78. The first-order valence-electron chi connectivity index (χ1n) is 6.74. The van der Waals surface area contributed by atoms with Crippen molar-refractivity contribution in [3.05, 3.63) is 18.0 Å². The quantitative estimate of drug-likeness (QED) is 0.712. The number of aryl methyl sites for hydroxylation is 1. The van der Waals surface area contributed by atoms with Crippen molar-refractivity contribution in [3.8, 4) is 0 Å². The second kappa shape index (κ2) is 12.7. The minimum Gasteiger partial charge on any atom is -0.311 e. The van der Waals surface area contributed by atoms with Crippen LogP contribution in [0.3, 0.4) is 0 Å². The summed E-state index contributed by atoms with van der Waals surface area (Å²) in [5.41, 5.74) is 1.28. The lowest BCUT2D eigenvalue weighted by molar-refractivity contribution is 0.302. The van der Waals surface area contributed by atoms with E-state index in [1.165, 1.54) is 5.56 Å². The largest absolute Gasteiger partial charge is 0.311 e. The predicted octanol–water partition coefficient (Wildman–Crippen LogP) is 2.57. The van der Waals surface area contributed by atoms with Crippen molar-refractivity contribution in [1.82, 2.24) is 20.0 Å². The summed E-state index contributed by atoms with van der Waals surface area (Å²) < 4.78 is 2.02. The van der Waals surface area contributed by atoms with E-state index in [0.29, 0.717) is 0 Å². The van der Waals surface area contributed by atoms with E-state index in [-0.39, 0.29) is 24.8 Å². The fraction of sp³-hybridized carbons (Fsp3) is 0.769.